The molecule has 144 valence electrons. The molecule has 0 aliphatic rings. The number of carbonyl (C=O) groups excluding carboxylic acids is 2. The maximum absolute atomic E-state index is 12.2. The van der Waals surface area contributed by atoms with Crippen LogP contribution in [0.15, 0.2) is 18.2 Å². The molecule has 0 spiro atoms. The van der Waals surface area contributed by atoms with E-state index < -0.39 is 11.8 Å². The fraction of sp³-hybridized carbons (Fsp3) is 0.278. The van der Waals surface area contributed by atoms with Gasteiger partial charge in [0.05, 0.1) is 30.1 Å². The minimum Gasteiger partial charge on any atom is -0.493 e. The van der Waals surface area contributed by atoms with Crippen LogP contribution in [-0.2, 0) is 4.79 Å². The van der Waals surface area contributed by atoms with Gasteiger partial charge in [-0.15, -0.1) is 0 Å². The summed E-state index contributed by atoms with van der Waals surface area (Å²) < 4.78 is 10.9. The van der Waals surface area contributed by atoms with E-state index in [-0.39, 0.29) is 11.4 Å². The summed E-state index contributed by atoms with van der Waals surface area (Å²) in [6.45, 7) is 4.17. The van der Waals surface area contributed by atoms with Crippen molar-refractivity contribution in [2.45, 2.75) is 20.3 Å². The molecular weight excluding hydrogens is 372 g/mol. The molecule has 1 heterocycles. The zero-order valence-electron chi connectivity index (χ0n) is 15.3. The lowest BCUT2D eigenvalue weighted by molar-refractivity contribution is -0.111. The van der Waals surface area contributed by atoms with Gasteiger partial charge in [0, 0.05) is 6.08 Å². The number of carbonyl (C=O) groups is 2. The van der Waals surface area contributed by atoms with Crippen LogP contribution in [0.3, 0.4) is 0 Å². The lowest BCUT2D eigenvalue weighted by Crippen LogP contribution is -2.16. The normalized spacial score (nSPS) is 10.8. The van der Waals surface area contributed by atoms with Crippen LogP contribution >= 0.6 is 11.6 Å². The highest BCUT2D eigenvalue weighted by molar-refractivity contribution is 6.32. The van der Waals surface area contributed by atoms with Crippen molar-refractivity contribution in [2.75, 3.05) is 19.0 Å². The zero-order chi connectivity index (χ0) is 20.0. The summed E-state index contributed by atoms with van der Waals surface area (Å²) >= 11 is 6.25. The Labute approximate surface area is 161 Å². The van der Waals surface area contributed by atoms with E-state index in [4.69, 9.17) is 26.8 Å². The van der Waals surface area contributed by atoms with Gasteiger partial charge in [-0.3, -0.25) is 14.7 Å². The number of nitrogens with zero attached hydrogens (tertiary/aromatic N) is 1. The topological polar surface area (TPSA) is 119 Å². The van der Waals surface area contributed by atoms with Crippen LogP contribution in [0.1, 0.15) is 35.1 Å². The number of methoxy groups -OCH3 is 1. The van der Waals surface area contributed by atoms with Gasteiger partial charge in [0.2, 0.25) is 5.91 Å². The van der Waals surface area contributed by atoms with Gasteiger partial charge in [0.15, 0.2) is 17.2 Å². The molecule has 2 aromatic rings. The molecule has 0 saturated carbocycles. The number of amides is 2. The number of hydrogen-bond acceptors (Lipinski definition) is 5. The third kappa shape index (κ3) is 5.01. The Balaban J connectivity index is 2.18. The lowest BCUT2D eigenvalue weighted by atomic mass is 10.2. The second-order valence-corrected chi connectivity index (χ2v) is 6.05. The SMILES string of the molecule is CCCOc1c(Cl)cc(/C=C/C(=O)Nc2c(C(N)=O)n[nH]c2C)cc1OC. The van der Waals surface area contributed by atoms with Gasteiger partial charge in [-0.1, -0.05) is 18.5 Å². The first-order chi connectivity index (χ1) is 12.9. The molecule has 1 aromatic heterocycles. The minimum atomic E-state index is -0.738. The summed E-state index contributed by atoms with van der Waals surface area (Å²) in [6, 6.07) is 3.37. The molecule has 0 unspecified atom stereocenters. The van der Waals surface area contributed by atoms with E-state index in [0.717, 1.165) is 6.42 Å². The fourth-order valence-electron chi connectivity index (χ4n) is 2.28. The quantitative estimate of drug-likeness (QED) is 0.596. The van der Waals surface area contributed by atoms with E-state index in [0.29, 0.717) is 34.4 Å². The molecule has 0 saturated heterocycles. The molecule has 1 aromatic carbocycles. The lowest BCUT2D eigenvalue weighted by Gasteiger charge is -2.12. The number of ether oxygens (including phenoxy) is 2. The van der Waals surface area contributed by atoms with Crippen molar-refractivity contribution in [2.24, 2.45) is 5.73 Å². The van der Waals surface area contributed by atoms with E-state index >= 15 is 0 Å². The highest BCUT2D eigenvalue weighted by atomic mass is 35.5. The number of aromatic amines is 1. The Morgan fingerprint density at radius 3 is 2.78 bits per heavy atom. The van der Waals surface area contributed by atoms with Crippen molar-refractivity contribution >= 4 is 35.2 Å². The van der Waals surface area contributed by atoms with Crippen molar-refractivity contribution in [1.82, 2.24) is 10.2 Å². The van der Waals surface area contributed by atoms with Crippen molar-refractivity contribution in [3.05, 3.63) is 40.2 Å². The second-order valence-electron chi connectivity index (χ2n) is 5.64. The summed E-state index contributed by atoms with van der Waals surface area (Å²) in [5, 5.41) is 9.34. The Hall–Kier alpha value is -3.00. The fourth-order valence-corrected chi connectivity index (χ4v) is 2.55. The molecule has 4 N–H and O–H groups in total. The molecule has 0 aliphatic heterocycles. The van der Waals surface area contributed by atoms with Gasteiger partial charge in [0.1, 0.15) is 0 Å². The molecule has 2 rings (SSSR count). The molecule has 2 amide bonds. The van der Waals surface area contributed by atoms with Gasteiger partial charge in [-0.2, -0.15) is 5.10 Å². The monoisotopic (exact) mass is 392 g/mol. The maximum atomic E-state index is 12.2. The van der Waals surface area contributed by atoms with E-state index in [1.165, 1.54) is 13.2 Å². The average Bonchev–Trinajstić information content (AvgIpc) is 2.99. The van der Waals surface area contributed by atoms with Crippen LogP contribution in [0, 0.1) is 6.92 Å². The zero-order valence-corrected chi connectivity index (χ0v) is 16.0. The minimum absolute atomic E-state index is 0.0311. The summed E-state index contributed by atoms with van der Waals surface area (Å²) in [5.41, 5.74) is 6.62. The van der Waals surface area contributed by atoms with Crippen LogP contribution in [0.5, 0.6) is 11.5 Å². The number of rotatable bonds is 8. The van der Waals surface area contributed by atoms with Gasteiger partial charge in [-0.25, -0.2) is 0 Å². The summed E-state index contributed by atoms with van der Waals surface area (Å²) in [6.07, 6.45) is 3.70. The van der Waals surface area contributed by atoms with E-state index in [9.17, 15) is 9.59 Å². The van der Waals surface area contributed by atoms with E-state index in [1.807, 2.05) is 6.92 Å². The molecule has 0 aliphatic carbocycles. The van der Waals surface area contributed by atoms with Gasteiger partial charge in [-0.05, 0) is 37.1 Å². The van der Waals surface area contributed by atoms with Crippen LogP contribution < -0.4 is 20.5 Å². The van der Waals surface area contributed by atoms with Crippen LogP contribution in [0.25, 0.3) is 6.08 Å². The van der Waals surface area contributed by atoms with Crippen molar-refractivity contribution < 1.29 is 19.1 Å². The maximum Gasteiger partial charge on any atom is 0.271 e. The standard InChI is InChI=1S/C18H21ClN4O4/c1-4-7-27-17-12(19)8-11(9-13(17)26-3)5-6-14(24)21-15-10(2)22-23-16(15)18(20)25/h5-6,8-9H,4,7H2,1-3H3,(H2,20,25)(H,21,24)(H,22,23)/b6-5+. The summed E-state index contributed by atoms with van der Waals surface area (Å²) in [4.78, 5) is 23.5. The highest BCUT2D eigenvalue weighted by Crippen LogP contribution is 2.36. The molecular formula is C18H21ClN4O4. The van der Waals surface area contributed by atoms with Gasteiger partial charge < -0.3 is 20.5 Å². The average molecular weight is 393 g/mol. The molecule has 27 heavy (non-hydrogen) atoms. The predicted octanol–water partition coefficient (Wildman–Crippen LogP) is 2.92. The number of hydrogen-bond donors (Lipinski definition) is 3. The number of aryl methyl sites for hydroxylation is 1. The number of aromatic nitrogens is 2. The highest BCUT2D eigenvalue weighted by Gasteiger charge is 2.16. The third-order valence-electron chi connectivity index (χ3n) is 3.56. The first kappa shape index (κ1) is 20.3. The smallest absolute Gasteiger partial charge is 0.271 e. The summed E-state index contributed by atoms with van der Waals surface area (Å²) in [7, 11) is 1.51. The molecule has 9 heteroatoms. The van der Waals surface area contributed by atoms with Crippen LogP contribution in [-0.4, -0.2) is 35.7 Å². The molecule has 0 atom stereocenters. The molecule has 0 bridgehead atoms. The van der Waals surface area contributed by atoms with E-state index in [2.05, 4.69) is 15.5 Å². The second kappa shape index (κ2) is 9.09. The number of benzene rings is 1. The van der Waals surface area contributed by atoms with Gasteiger partial charge in [0.25, 0.3) is 5.91 Å². The van der Waals surface area contributed by atoms with Crippen molar-refractivity contribution in [1.29, 1.82) is 0 Å². The number of nitrogens with two attached hydrogens (primary N) is 1. The van der Waals surface area contributed by atoms with Crippen LogP contribution in [0.4, 0.5) is 5.69 Å². The number of halogens is 1. The number of primary amides is 1. The largest absolute Gasteiger partial charge is 0.493 e. The van der Waals surface area contributed by atoms with Crippen molar-refractivity contribution in [3.63, 3.8) is 0 Å². The molecule has 8 nitrogen and oxygen atoms in total. The first-order valence-corrected chi connectivity index (χ1v) is 8.59. The van der Waals surface area contributed by atoms with Crippen molar-refractivity contribution in [3.8, 4) is 11.5 Å². The van der Waals surface area contributed by atoms with Gasteiger partial charge >= 0.3 is 0 Å². The van der Waals surface area contributed by atoms with Crippen LogP contribution in [0.2, 0.25) is 5.02 Å². The van der Waals surface area contributed by atoms with E-state index in [1.54, 1.807) is 25.1 Å². The number of anilines is 1. The Morgan fingerprint density at radius 2 is 2.15 bits per heavy atom. The molecule has 0 radical (unpaired) electrons. The number of nitrogens with one attached hydrogen (secondary N) is 2. The summed E-state index contributed by atoms with van der Waals surface area (Å²) in [5.74, 6) is -0.262. The predicted molar refractivity (Wildman–Crippen MR) is 103 cm³/mol. The Bertz CT molecular complexity index is 876. The first-order valence-electron chi connectivity index (χ1n) is 8.21. The molecule has 0 fully saturated rings. The third-order valence-corrected chi connectivity index (χ3v) is 3.84. The number of H-pyrrole nitrogens is 1. The Morgan fingerprint density at radius 1 is 1.41 bits per heavy atom. The Kier molecular flexibility index (Phi) is 6.84.